The van der Waals surface area contributed by atoms with Crippen LogP contribution in [0.5, 0.6) is 11.5 Å². The van der Waals surface area contributed by atoms with Crippen molar-refractivity contribution >= 4 is 11.6 Å². The number of carbonyl (C=O) groups is 1. The van der Waals surface area contributed by atoms with E-state index < -0.39 is 6.04 Å². The molecule has 1 amide bonds. The zero-order valence-corrected chi connectivity index (χ0v) is 12.6. The average Bonchev–Trinajstić information content (AvgIpc) is 3.11. The maximum absolute atomic E-state index is 12.2. The molecule has 0 aliphatic rings. The first-order valence-electron chi connectivity index (χ1n) is 7.20. The van der Waals surface area contributed by atoms with E-state index in [0.29, 0.717) is 11.4 Å². The molecule has 0 spiro atoms. The SMILES string of the molecule is C[C@@H](C(=O)Nc1ccc(Oc2ccccc2)cc1)n1cncn1. The minimum Gasteiger partial charge on any atom is -0.457 e. The molecule has 2 aromatic carbocycles. The molecule has 116 valence electrons. The average molecular weight is 308 g/mol. The van der Waals surface area contributed by atoms with Crippen molar-refractivity contribution in [2.45, 2.75) is 13.0 Å². The Morgan fingerprint density at radius 2 is 1.78 bits per heavy atom. The number of nitrogens with zero attached hydrogens (tertiary/aromatic N) is 3. The molecule has 0 radical (unpaired) electrons. The Balaban J connectivity index is 1.62. The van der Waals surface area contributed by atoms with E-state index in [2.05, 4.69) is 15.4 Å². The van der Waals surface area contributed by atoms with Crippen molar-refractivity contribution in [1.82, 2.24) is 14.8 Å². The van der Waals surface area contributed by atoms with Crippen molar-refractivity contribution in [1.29, 1.82) is 0 Å². The van der Waals surface area contributed by atoms with Gasteiger partial charge in [0, 0.05) is 5.69 Å². The summed E-state index contributed by atoms with van der Waals surface area (Å²) in [5.74, 6) is 1.31. The van der Waals surface area contributed by atoms with E-state index in [4.69, 9.17) is 4.74 Å². The summed E-state index contributed by atoms with van der Waals surface area (Å²) in [4.78, 5) is 16.0. The third-order valence-electron chi connectivity index (χ3n) is 3.31. The molecule has 0 saturated heterocycles. The molecule has 3 rings (SSSR count). The fourth-order valence-corrected chi connectivity index (χ4v) is 2.02. The Morgan fingerprint density at radius 3 is 2.43 bits per heavy atom. The van der Waals surface area contributed by atoms with Crippen LogP contribution in [0.25, 0.3) is 0 Å². The van der Waals surface area contributed by atoms with Gasteiger partial charge in [0.05, 0.1) is 0 Å². The van der Waals surface area contributed by atoms with E-state index in [1.165, 1.54) is 17.3 Å². The molecule has 1 heterocycles. The first kappa shape index (κ1) is 14.8. The van der Waals surface area contributed by atoms with E-state index in [9.17, 15) is 4.79 Å². The highest BCUT2D eigenvalue weighted by Crippen LogP contribution is 2.23. The van der Waals surface area contributed by atoms with Crippen molar-refractivity contribution in [3.05, 3.63) is 67.3 Å². The number of amides is 1. The second kappa shape index (κ2) is 6.74. The van der Waals surface area contributed by atoms with Gasteiger partial charge in [-0.3, -0.25) is 4.79 Å². The quantitative estimate of drug-likeness (QED) is 0.785. The lowest BCUT2D eigenvalue weighted by atomic mass is 10.2. The van der Waals surface area contributed by atoms with Crippen LogP contribution >= 0.6 is 0 Å². The predicted molar refractivity (Wildman–Crippen MR) is 86.3 cm³/mol. The number of aromatic nitrogens is 3. The smallest absolute Gasteiger partial charge is 0.249 e. The van der Waals surface area contributed by atoms with Crippen LogP contribution in [0.2, 0.25) is 0 Å². The number of benzene rings is 2. The fourth-order valence-electron chi connectivity index (χ4n) is 2.02. The van der Waals surface area contributed by atoms with Gasteiger partial charge in [0.25, 0.3) is 0 Å². The van der Waals surface area contributed by atoms with Crippen LogP contribution in [-0.2, 0) is 4.79 Å². The first-order chi connectivity index (χ1) is 11.2. The van der Waals surface area contributed by atoms with Crippen molar-refractivity contribution in [3.63, 3.8) is 0 Å². The van der Waals surface area contributed by atoms with Gasteiger partial charge in [-0.05, 0) is 43.3 Å². The topological polar surface area (TPSA) is 69.0 Å². The normalized spacial score (nSPS) is 11.7. The van der Waals surface area contributed by atoms with Crippen LogP contribution in [0.1, 0.15) is 13.0 Å². The molecule has 6 nitrogen and oxygen atoms in total. The molecule has 3 aromatic rings. The summed E-state index contributed by atoms with van der Waals surface area (Å²) < 4.78 is 7.21. The van der Waals surface area contributed by atoms with Gasteiger partial charge in [-0.1, -0.05) is 18.2 Å². The van der Waals surface area contributed by atoms with Crippen LogP contribution in [0.15, 0.2) is 67.3 Å². The summed E-state index contributed by atoms with van der Waals surface area (Å²) in [6.07, 6.45) is 2.92. The molecule has 1 N–H and O–H groups in total. The van der Waals surface area contributed by atoms with Crippen molar-refractivity contribution < 1.29 is 9.53 Å². The number of para-hydroxylation sites is 1. The maximum Gasteiger partial charge on any atom is 0.249 e. The van der Waals surface area contributed by atoms with Gasteiger partial charge in [-0.2, -0.15) is 5.10 Å². The van der Waals surface area contributed by atoms with E-state index in [1.54, 1.807) is 19.1 Å². The first-order valence-corrected chi connectivity index (χ1v) is 7.20. The Morgan fingerprint density at radius 1 is 1.09 bits per heavy atom. The molecule has 6 heteroatoms. The fraction of sp³-hybridized carbons (Fsp3) is 0.118. The van der Waals surface area contributed by atoms with Crippen molar-refractivity contribution in [2.24, 2.45) is 0 Å². The molecule has 0 fully saturated rings. The molecule has 0 saturated carbocycles. The van der Waals surface area contributed by atoms with E-state index in [0.717, 1.165) is 5.75 Å². The molecule has 0 unspecified atom stereocenters. The second-order valence-electron chi connectivity index (χ2n) is 4.98. The van der Waals surface area contributed by atoms with Crippen LogP contribution in [0.3, 0.4) is 0 Å². The summed E-state index contributed by atoms with van der Waals surface area (Å²) in [7, 11) is 0. The third-order valence-corrected chi connectivity index (χ3v) is 3.31. The molecular weight excluding hydrogens is 292 g/mol. The Bertz CT molecular complexity index is 755. The van der Waals surface area contributed by atoms with Gasteiger partial charge in [0.2, 0.25) is 5.91 Å². The Labute approximate surface area is 133 Å². The lowest BCUT2D eigenvalue weighted by Gasteiger charge is -2.12. The number of anilines is 1. The van der Waals surface area contributed by atoms with Crippen LogP contribution in [-0.4, -0.2) is 20.7 Å². The van der Waals surface area contributed by atoms with E-state index >= 15 is 0 Å². The molecule has 0 aliphatic heterocycles. The van der Waals surface area contributed by atoms with Gasteiger partial charge < -0.3 is 10.1 Å². The van der Waals surface area contributed by atoms with Gasteiger partial charge >= 0.3 is 0 Å². The predicted octanol–water partition coefficient (Wildman–Crippen LogP) is 3.27. The Hall–Kier alpha value is -3.15. The number of hydrogen-bond acceptors (Lipinski definition) is 4. The molecule has 23 heavy (non-hydrogen) atoms. The molecule has 1 aromatic heterocycles. The van der Waals surface area contributed by atoms with Crippen molar-refractivity contribution in [2.75, 3.05) is 5.32 Å². The zero-order chi connectivity index (χ0) is 16.1. The highest BCUT2D eigenvalue weighted by Gasteiger charge is 2.15. The lowest BCUT2D eigenvalue weighted by molar-refractivity contribution is -0.119. The van der Waals surface area contributed by atoms with E-state index in [-0.39, 0.29) is 5.91 Å². The molecule has 0 bridgehead atoms. The summed E-state index contributed by atoms with van der Waals surface area (Å²) in [6, 6.07) is 16.3. The Kier molecular flexibility index (Phi) is 4.33. The monoisotopic (exact) mass is 308 g/mol. The van der Waals surface area contributed by atoms with Gasteiger partial charge in [-0.15, -0.1) is 0 Å². The highest BCUT2D eigenvalue weighted by molar-refractivity contribution is 5.93. The zero-order valence-electron chi connectivity index (χ0n) is 12.6. The summed E-state index contributed by atoms with van der Waals surface area (Å²) >= 11 is 0. The summed E-state index contributed by atoms with van der Waals surface area (Å²) in [5, 5.41) is 6.80. The van der Waals surface area contributed by atoms with Gasteiger partial charge in [0.15, 0.2) is 0 Å². The highest BCUT2D eigenvalue weighted by atomic mass is 16.5. The number of hydrogen-bond donors (Lipinski definition) is 1. The van der Waals surface area contributed by atoms with Crippen LogP contribution < -0.4 is 10.1 Å². The molecule has 0 aliphatic carbocycles. The largest absolute Gasteiger partial charge is 0.457 e. The number of rotatable bonds is 5. The van der Waals surface area contributed by atoms with Crippen LogP contribution in [0, 0.1) is 0 Å². The minimum atomic E-state index is -0.433. The van der Waals surface area contributed by atoms with Gasteiger partial charge in [0.1, 0.15) is 30.2 Å². The lowest BCUT2D eigenvalue weighted by Crippen LogP contribution is -2.23. The van der Waals surface area contributed by atoms with Crippen molar-refractivity contribution in [3.8, 4) is 11.5 Å². The number of nitrogens with one attached hydrogen (secondary N) is 1. The maximum atomic E-state index is 12.2. The van der Waals surface area contributed by atoms with Gasteiger partial charge in [-0.25, -0.2) is 9.67 Å². The van der Waals surface area contributed by atoms with Crippen LogP contribution in [0.4, 0.5) is 5.69 Å². The molecular formula is C17H16N4O2. The minimum absolute atomic E-state index is 0.160. The molecule has 1 atom stereocenters. The van der Waals surface area contributed by atoms with E-state index in [1.807, 2.05) is 42.5 Å². The third kappa shape index (κ3) is 3.74. The number of ether oxygens (including phenoxy) is 1. The summed E-state index contributed by atoms with van der Waals surface area (Å²) in [5.41, 5.74) is 0.697. The second-order valence-corrected chi connectivity index (χ2v) is 4.98. The number of carbonyl (C=O) groups excluding carboxylic acids is 1. The standard InChI is InChI=1S/C17H16N4O2/c1-13(21-12-18-11-19-21)17(22)20-14-7-9-16(10-8-14)23-15-5-3-2-4-6-15/h2-13H,1H3,(H,20,22)/t13-/m0/s1. The summed E-state index contributed by atoms with van der Waals surface area (Å²) in [6.45, 7) is 1.76.